The minimum atomic E-state index is -0.793. The largest absolute Gasteiger partial charge is 3.00 e. The van der Waals surface area contributed by atoms with Gasteiger partial charge in [0.2, 0.25) is 0 Å². The van der Waals surface area contributed by atoms with Gasteiger partial charge in [-0.1, -0.05) is 155 Å². The van der Waals surface area contributed by atoms with Crippen molar-refractivity contribution in [1.82, 2.24) is 0 Å². The second-order valence-corrected chi connectivity index (χ2v) is 15.4. The summed E-state index contributed by atoms with van der Waals surface area (Å²) in [7, 11) is -0.793. The summed E-state index contributed by atoms with van der Waals surface area (Å²) in [5, 5.41) is 7.71. The third kappa shape index (κ3) is 14.8. The number of para-hydroxylation sites is 2. The molecular weight excluding hydrogens is 790 g/mol. The maximum absolute atomic E-state index is 5.42. The number of aliphatic imine (C=N–C) groups is 1. The molecule has 0 unspecified atom stereocenters. The summed E-state index contributed by atoms with van der Waals surface area (Å²) in [6.07, 6.45) is 5.11. The zero-order chi connectivity index (χ0) is 35.0. The molecular formula is C45H53Cl3CrN2O2P. The fourth-order valence-corrected chi connectivity index (χ4v) is 8.43. The Morgan fingerprint density at radius 3 is 1.35 bits per heavy atom. The molecule has 2 aliphatic heterocycles. The third-order valence-corrected chi connectivity index (χ3v) is 11.2. The summed E-state index contributed by atoms with van der Waals surface area (Å²) >= 11 is 0. The Morgan fingerprint density at radius 2 is 0.944 bits per heavy atom. The number of ether oxygens (including phenoxy) is 2. The summed E-state index contributed by atoms with van der Waals surface area (Å²) in [5.41, 5.74) is 5.83. The first-order chi connectivity index (χ1) is 24.5. The summed E-state index contributed by atoms with van der Waals surface area (Å²) in [4.78, 5) is 5.42. The molecule has 2 aliphatic rings. The maximum atomic E-state index is 5.42. The molecule has 2 fully saturated rings. The molecule has 5 aromatic carbocycles. The average Bonchev–Trinajstić information content (AvgIpc) is 3.94. The van der Waals surface area contributed by atoms with Crippen LogP contribution in [0, 0.1) is 0 Å². The zero-order valence-electron chi connectivity index (χ0n) is 31.8. The molecule has 0 saturated carbocycles. The molecule has 0 aromatic heterocycles. The normalized spacial score (nSPS) is 13.2. The fourth-order valence-electron chi connectivity index (χ4n) is 6.04. The van der Waals surface area contributed by atoms with Crippen LogP contribution < -0.4 is 58.5 Å². The van der Waals surface area contributed by atoms with E-state index >= 15 is 0 Å². The first-order valence-corrected chi connectivity index (χ1v) is 19.6. The Kier molecular flexibility index (Phi) is 24.7. The van der Waals surface area contributed by atoms with Gasteiger partial charge in [-0.05, 0) is 73.2 Å². The molecule has 0 atom stereocenters. The first-order valence-electron chi connectivity index (χ1n) is 18.2. The summed E-state index contributed by atoms with van der Waals surface area (Å²) in [6.45, 7) is 13.0. The van der Waals surface area contributed by atoms with E-state index in [0.717, 1.165) is 43.5 Å². The van der Waals surface area contributed by atoms with E-state index in [1.165, 1.54) is 58.4 Å². The van der Waals surface area contributed by atoms with Gasteiger partial charge in [-0.2, -0.15) is 0 Å². The van der Waals surface area contributed by atoms with Crippen molar-refractivity contribution in [1.29, 1.82) is 0 Å². The molecule has 2 saturated heterocycles. The van der Waals surface area contributed by atoms with Gasteiger partial charge < -0.3 is 52.0 Å². The summed E-state index contributed by atoms with van der Waals surface area (Å²) in [5.74, 6) is 1.63. The molecule has 2 heterocycles. The van der Waals surface area contributed by atoms with E-state index in [9.17, 15) is 0 Å². The Hall–Kier alpha value is -2.68. The van der Waals surface area contributed by atoms with Crippen molar-refractivity contribution in [3.8, 4) is 0 Å². The van der Waals surface area contributed by atoms with Crippen molar-refractivity contribution < 1.29 is 64.1 Å². The number of nitrogens with one attached hydrogen (secondary N) is 1. The van der Waals surface area contributed by atoms with E-state index in [1.54, 1.807) is 0 Å². The number of amidine groups is 1. The monoisotopic (exact) mass is 841 g/mol. The molecule has 1 radical (unpaired) electrons. The van der Waals surface area contributed by atoms with Crippen molar-refractivity contribution in [2.45, 2.75) is 65.2 Å². The predicted molar refractivity (Wildman–Crippen MR) is 216 cm³/mol. The number of halogens is 3. The minimum absolute atomic E-state index is 0. The van der Waals surface area contributed by atoms with Crippen LogP contribution in [0.5, 0.6) is 0 Å². The van der Waals surface area contributed by atoms with E-state index in [4.69, 9.17) is 14.5 Å². The second-order valence-electron chi connectivity index (χ2n) is 13.2. The molecule has 9 heteroatoms. The van der Waals surface area contributed by atoms with Crippen LogP contribution >= 0.6 is 7.92 Å². The topological polar surface area (TPSA) is 42.9 Å². The van der Waals surface area contributed by atoms with Crippen LogP contribution in [0.2, 0.25) is 0 Å². The molecule has 54 heavy (non-hydrogen) atoms. The van der Waals surface area contributed by atoms with Crippen LogP contribution in [0.4, 0.5) is 11.4 Å². The first kappa shape index (κ1) is 49.3. The van der Waals surface area contributed by atoms with Crippen molar-refractivity contribution in [2.75, 3.05) is 31.7 Å². The maximum Gasteiger partial charge on any atom is 3.00 e. The van der Waals surface area contributed by atoms with Crippen molar-refractivity contribution in [3.63, 3.8) is 0 Å². The molecule has 7 rings (SSSR count). The Labute approximate surface area is 355 Å². The number of rotatable bonds is 8. The quantitative estimate of drug-likeness (QED) is 0.147. The van der Waals surface area contributed by atoms with Crippen molar-refractivity contribution in [3.05, 3.63) is 150 Å². The second kappa shape index (κ2) is 27.0. The van der Waals surface area contributed by atoms with Crippen LogP contribution in [-0.2, 0) is 26.8 Å². The summed E-state index contributed by atoms with van der Waals surface area (Å²) in [6, 6.07) is 47.4. The summed E-state index contributed by atoms with van der Waals surface area (Å²) < 4.78 is 9.89. The van der Waals surface area contributed by atoms with E-state index in [-0.39, 0.29) is 54.6 Å². The van der Waals surface area contributed by atoms with Gasteiger partial charge in [0, 0.05) is 43.0 Å². The van der Waals surface area contributed by atoms with E-state index < -0.39 is 7.92 Å². The van der Waals surface area contributed by atoms with Crippen LogP contribution in [0.15, 0.2) is 138 Å². The minimum Gasteiger partial charge on any atom is -1.00 e. The molecule has 287 valence electrons. The van der Waals surface area contributed by atoms with Crippen LogP contribution in [0.25, 0.3) is 0 Å². The molecule has 0 spiro atoms. The van der Waals surface area contributed by atoms with Crippen LogP contribution in [0.1, 0.15) is 81.9 Å². The molecule has 5 aromatic rings. The number of nitrogens with zero attached hydrogens (tertiary/aromatic N) is 1. The van der Waals surface area contributed by atoms with E-state index in [0.29, 0.717) is 11.8 Å². The van der Waals surface area contributed by atoms with Crippen molar-refractivity contribution in [2.24, 2.45) is 4.99 Å². The smallest absolute Gasteiger partial charge is 1.00 e. The van der Waals surface area contributed by atoms with Gasteiger partial charge >= 0.3 is 17.4 Å². The molecule has 0 bridgehead atoms. The number of hydrogen-bond acceptors (Lipinski definition) is 3. The van der Waals surface area contributed by atoms with Gasteiger partial charge in [-0.25, -0.2) is 4.99 Å². The van der Waals surface area contributed by atoms with Gasteiger partial charge in [-0.3, -0.25) is 0 Å². The van der Waals surface area contributed by atoms with Crippen LogP contribution in [0.3, 0.4) is 0 Å². The molecule has 0 aliphatic carbocycles. The standard InChI is InChI=1S/C37H37N2P.2C4H8O.3ClH.Cr/c1-27(2)32-23-16-24-33(28(3)4)36(32)39-37(29-17-8-5-9-18-29)38-34-25-14-15-26-35(34)40(30-19-10-6-11-20-30)31-21-12-7-13-22-31;2*1-2-4-5-3-1;;;;/h5-28H,1-4H3,(H,38,39);2*1-4H2;3*1H;/q;;;;;;+3/p-3. The number of hydrogen-bond donors (Lipinski definition) is 1. The van der Waals surface area contributed by atoms with E-state index in [2.05, 4.69) is 166 Å². The Balaban J connectivity index is 0.000000904. The van der Waals surface area contributed by atoms with Crippen molar-refractivity contribution >= 4 is 41.0 Å². The molecule has 0 amide bonds. The molecule has 1 N–H and O–H groups in total. The van der Waals surface area contributed by atoms with Gasteiger partial charge in [-0.15, -0.1) is 0 Å². The Morgan fingerprint density at radius 1 is 0.537 bits per heavy atom. The third-order valence-electron chi connectivity index (χ3n) is 8.70. The van der Waals surface area contributed by atoms with E-state index in [1.807, 2.05) is 0 Å². The Bertz CT molecular complexity index is 1660. The van der Waals surface area contributed by atoms with Gasteiger partial charge in [0.1, 0.15) is 5.84 Å². The fraction of sp³-hybridized carbons (Fsp3) is 0.311. The SMILES string of the molecule is C1CCOC1.C1CCOC1.CC(C)c1cccc(C(C)C)c1NC(=Nc1ccccc1P(c1ccccc1)c1ccccc1)c1ccccc1.[Cl-].[Cl-].[Cl-].[Cr+3]. The number of benzene rings is 5. The van der Waals surface area contributed by atoms with Crippen LogP contribution in [-0.4, -0.2) is 32.3 Å². The number of anilines is 1. The zero-order valence-corrected chi connectivity index (χ0v) is 36.2. The van der Waals surface area contributed by atoms with Gasteiger partial charge in [0.15, 0.2) is 0 Å². The van der Waals surface area contributed by atoms with Gasteiger partial charge in [0.05, 0.1) is 5.69 Å². The van der Waals surface area contributed by atoms with Gasteiger partial charge in [0.25, 0.3) is 0 Å². The predicted octanol–water partition coefficient (Wildman–Crippen LogP) is 1.49. The average molecular weight is 843 g/mol. The molecule has 4 nitrogen and oxygen atoms in total.